The first-order valence-electron chi connectivity index (χ1n) is 9.57. The first kappa shape index (κ1) is 25.5. The molecule has 0 rings (SSSR count). The zero-order valence-corrected chi connectivity index (χ0v) is 16.4. The van der Waals surface area contributed by atoms with Crippen LogP contribution in [0.2, 0.25) is 0 Å². The maximum absolute atomic E-state index is 9.75. The second-order valence-corrected chi connectivity index (χ2v) is 7.68. The van der Waals surface area contributed by atoms with Gasteiger partial charge in [0.15, 0.2) is 0 Å². The van der Waals surface area contributed by atoms with E-state index in [2.05, 4.69) is 13.6 Å². The Hall–Kier alpha value is 0.215. The molecule has 0 heterocycles. The molecule has 0 aliphatic rings. The molecule has 1 atom stereocenters. The molecule has 0 aromatic rings. The Balaban J connectivity index is 0. The van der Waals surface area contributed by atoms with Gasteiger partial charge in [-0.25, -0.2) is 0 Å². The SMILES string of the molecule is CCCCCCCCCCCCCCCC[PH2+]C.F[B-](F)(F)F. The number of hydrogen-bond donors (Lipinski definition) is 0. The van der Waals surface area contributed by atoms with Gasteiger partial charge in [0.05, 0.1) is 6.16 Å². The molecule has 0 aromatic heterocycles. The maximum Gasteiger partial charge on any atom is 0.673 e. The molecule has 0 spiro atoms. The quantitative estimate of drug-likeness (QED) is 0.121. The molecule has 0 saturated carbocycles. The van der Waals surface area contributed by atoms with E-state index in [1.807, 2.05) is 0 Å². The average Bonchev–Trinajstić information content (AvgIpc) is 2.46. The van der Waals surface area contributed by atoms with Crippen LogP contribution in [0, 0.1) is 0 Å². The zero-order valence-electron chi connectivity index (χ0n) is 15.3. The van der Waals surface area contributed by atoms with E-state index in [0.717, 1.165) is 8.58 Å². The highest BCUT2D eigenvalue weighted by atomic mass is 31.1. The first-order chi connectivity index (χ1) is 10.9. The molecule has 0 amide bonds. The number of hydrogen-bond acceptors (Lipinski definition) is 0. The third-order valence-electron chi connectivity index (χ3n) is 3.85. The van der Waals surface area contributed by atoms with Crippen molar-refractivity contribution in [2.24, 2.45) is 0 Å². The predicted octanol–water partition coefficient (Wildman–Crippen LogP) is 7.81. The van der Waals surface area contributed by atoms with Crippen LogP contribution in [0.15, 0.2) is 0 Å². The van der Waals surface area contributed by atoms with Crippen LogP contribution in [0.5, 0.6) is 0 Å². The van der Waals surface area contributed by atoms with E-state index in [-0.39, 0.29) is 0 Å². The average molecular weight is 360 g/mol. The summed E-state index contributed by atoms with van der Waals surface area (Å²) in [6, 6.07) is 0. The maximum atomic E-state index is 9.75. The summed E-state index contributed by atoms with van der Waals surface area (Å²) in [5.74, 6) is 0. The molecule has 0 N–H and O–H groups in total. The summed E-state index contributed by atoms with van der Waals surface area (Å²) < 4.78 is 39.0. The number of halogens is 4. The van der Waals surface area contributed by atoms with Crippen LogP contribution in [-0.4, -0.2) is 20.1 Å². The summed E-state index contributed by atoms with van der Waals surface area (Å²) in [6.07, 6.45) is 22.2. The van der Waals surface area contributed by atoms with E-state index in [1.165, 1.54) is 96.1 Å². The molecule has 142 valence electrons. The van der Waals surface area contributed by atoms with Gasteiger partial charge in [0.25, 0.3) is 0 Å². The number of rotatable bonds is 15. The van der Waals surface area contributed by atoms with Crippen molar-refractivity contribution in [2.75, 3.05) is 12.8 Å². The molecule has 0 bridgehead atoms. The molecule has 0 saturated heterocycles. The van der Waals surface area contributed by atoms with Gasteiger partial charge in [0.1, 0.15) is 0 Å². The minimum Gasteiger partial charge on any atom is -0.418 e. The van der Waals surface area contributed by atoms with Crippen LogP contribution in [0.1, 0.15) is 96.8 Å². The predicted molar refractivity (Wildman–Crippen MR) is 101 cm³/mol. The van der Waals surface area contributed by atoms with Crippen LogP contribution in [0.4, 0.5) is 17.3 Å². The van der Waals surface area contributed by atoms with Crippen molar-refractivity contribution in [3.63, 3.8) is 0 Å². The van der Waals surface area contributed by atoms with Crippen molar-refractivity contribution in [3.05, 3.63) is 0 Å². The molecule has 0 aliphatic carbocycles. The molecule has 0 aliphatic heterocycles. The third kappa shape index (κ3) is 39.2. The zero-order chi connectivity index (χ0) is 17.8. The minimum absolute atomic E-state index is 0.761. The Morgan fingerprint density at radius 3 is 1.09 bits per heavy atom. The van der Waals surface area contributed by atoms with Crippen molar-refractivity contribution in [1.82, 2.24) is 0 Å². The van der Waals surface area contributed by atoms with Crippen molar-refractivity contribution in [3.8, 4) is 0 Å². The number of unbranched alkanes of at least 4 members (excludes halogenated alkanes) is 13. The summed E-state index contributed by atoms with van der Waals surface area (Å²) in [5, 5.41) is 0. The van der Waals surface area contributed by atoms with E-state index >= 15 is 0 Å². The van der Waals surface area contributed by atoms with E-state index in [1.54, 1.807) is 0 Å². The lowest BCUT2D eigenvalue weighted by molar-refractivity contribution is 0.368. The Bertz CT molecular complexity index is 191. The van der Waals surface area contributed by atoms with Gasteiger partial charge in [-0.15, -0.1) is 0 Å². The Kier molecular flexibility index (Phi) is 22.4. The minimum atomic E-state index is -6.00. The topological polar surface area (TPSA) is 0 Å². The van der Waals surface area contributed by atoms with Crippen LogP contribution < -0.4 is 0 Å². The summed E-state index contributed by atoms with van der Waals surface area (Å²) >= 11 is 0. The van der Waals surface area contributed by atoms with Gasteiger partial charge in [-0.1, -0.05) is 84.0 Å². The summed E-state index contributed by atoms with van der Waals surface area (Å²) in [6.45, 7) is 4.67. The highest BCUT2D eigenvalue weighted by molar-refractivity contribution is 7.36. The fourth-order valence-electron chi connectivity index (χ4n) is 2.54. The molecule has 23 heavy (non-hydrogen) atoms. The van der Waals surface area contributed by atoms with Crippen molar-refractivity contribution < 1.29 is 17.3 Å². The standard InChI is InChI=1S/C17H37P.BF4/c1-3-4-5-6-7-8-9-10-11-12-13-14-15-16-17-18-2;2-1(3,4)5/h18H,3-17H2,1-2H3;/q;-1/p+1. The normalized spacial score (nSPS) is 11.7. The first-order valence-corrected chi connectivity index (χ1v) is 11.5. The van der Waals surface area contributed by atoms with Crippen LogP contribution >= 0.6 is 8.58 Å². The van der Waals surface area contributed by atoms with E-state index in [9.17, 15) is 17.3 Å². The molecule has 0 fully saturated rings. The van der Waals surface area contributed by atoms with Crippen LogP contribution in [-0.2, 0) is 0 Å². The van der Waals surface area contributed by atoms with E-state index in [4.69, 9.17) is 0 Å². The highest BCUT2D eigenvalue weighted by Crippen LogP contribution is 2.14. The molecular formula is C17H38BF4P. The summed E-state index contributed by atoms with van der Waals surface area (Å²) in [4.78, 5) is 0. The lowest BCUT2D eigenvalue weighted by Gasteiger charge is -2.02. The lowest BCUT2D eigenvalue weighted by atomic mass is 10.0. The fraction of sp³-hybridized carbons (Fsp3) is 1.00. The lowest BCUT2D eigenvalue weighted by Crippen LogP contribution is -2.02. The summed E-state index contributed by atoms with van der Waals surface area (Å²) in [5.41, 5.74) is 0. The Labute approximate surface area is 143 Å². The molecule has 0 nitrogen and oxygen atoms in total. The smallest absolute Gasteiger partial charge is 0.418 e. The van der Waals surface area contributed by atoms with E-state index < -0.39 is 7.25 Å². The monoisotopic (exact) mass is 360 g/mol. The fourth-order valence-corrected chi connectivity index (χ4v) is 3.24. The molecule has 0 aromatic carbocycles. The van der Waals surface area contributed by atoms with Gasteiger partial charge < -0.3 is 17.3 Å². The highest BCUT2D eigenvalue weighted by Gasteiger charge is 2.20. The largest absolute Gasteiger partial charge is 0.673 e. The second kappa shape index (κ2) is 20.3. The van der Waals surface area contributed by atoms with Gasteiger partial charge in [0.2, 0.25) is 0 Å². The Morgan fingerprint density at radius 2 is 0.826 bits per heavy atom. The molecule has 1 unspecified atom stereocenters. The van der Waals surface area contributed by atoms with Gasteiger partial charge in [-0.2, -0.15) is 0 Å². The van der Waals surface area contributed by atoms with Crippen LogP contribution in [0.25, 0.3) is 0 Å². The van der Waals surface area contributed by atoms with Gasteiger partial charge in [-0.3, -0.25) is 0 Å². The van der Waals surface area contributed by atoms with Gasteiger partial charge >= 0.3 is 7.25 Å². The van der Waals surface area contributed by atoms with Crippen molar-refractivity contribution >= 4 is 15.8 Å². The third-order valence-corrected chi connectivity index (χ3v) is 4.83. The summed E-state index contributed by atoms with van der Waals surface area (Å²) in [7, 11) is -5.24. The molecule has 6 heteroatoms. The van der Waals surface area contributed by atoms with Crippen LogP contribution in [0.3, 0.4) is 0 Å². The molecule has 0 radical (unpaired) electrons. The Morgan fingerprint density at radius 1 is 0.565 bits per heavy atom. The van der Waals surface area contributed by atoms with Crippen molar-refractivity contribution in [2.45, 2.75) is 96.8 Å². The van der Waals surface area contributed by atoms with E-state index in [0.29, 0.717) is 0 Å². The van der Waals surface area contributed by atoms with Gasteiger partial charge in [0, 0.05) is 6.66 Å². The van der Waals surface area contributed by atoms with Crippen molar-refractivity contribution in [1.29, 1.82) is 0 Å². The molecular weight excluding hydrogens is 322 g/mol. The second-order valence-electron chi connectivity index (χ2n) is 6.29. The van der Waals surface area contributed by atoms with Gasteiger partial charge in [-0.05, 0) is 21.4 Å².